The molecule has 0 aromatic heterocycles. The minimum atomic E-state index is -1.28. The van der Waals surface area contributed by atoms with E-state index in [1.165, 1.54) is 11.6 Å². The van der Waals surface area contributed by atoms with Gasteiger partial charge in [0.25, 0.3) is 0 Å². The summed E-state index contributed by atoms with van der Waals surface area (Å²) in [5.74, 6) is -0.0777. The normalized spacial score (nSPS) is 28.8. The van der Waals surface area contributed by atoms with Gasteiger partial charge in [-0.2, -0.15) is 0 Å². The van der Waals surface area contributed by atoms with Crippen LogP contribution in [0.4, 0.5) is 0 Å². The summed E-state index contributed by atoms with van der Waals surface area (Å²) in [5.41, 5.74) is 1.19. The molecule has 1 aliphatic carbocycles. The summed E-state index contributed by atoms with van der Waals surface area (Å²) in [4.78, 5) is 11.7. The highest BCUT2D eigenvalue weighted by Crippen LogP contribution is 2.21. The summed E-state index contributed by atoms with van der Waals surface area (Å²) >= 11 is 0. The van der Waals surface area contributed by atoms with Gasteiger partial charge in [0.1, 0.15) is 12.2 Å². The van der Waals surface area contributed by atoms with Gasteiger partial charge in [0.15, 0.2) is 5.78 Å². The number of carbonyl (C=O) groups excluding carboxylic acids is 1. The van der Waals surface area contributed by atoms with E-state index < -0.39 is 12.2 Å². The average Bonchev–Trinajstić information content (AvgIpc) is 2.37. The minimum absolute atomic E-state index is 0.193. The summed E-state index contributed by atoms with van der Waals surface area (Å²) in [6, 6.07) is 10.0. The van der Waals surface area contributed by atoms with E-state index in [1.807, 2.05) is 36.4 Å². The van der Waals surface area contributed by atoms with Crippen molar-refractivity contribution >= 4 is 5.78 Å². The lowest BCUT2D eigenvalue weighted by Crippen LogP contribution is -2.35. The lowest BCUT2D eigenvalue weighted by molar-refractivity contribution is -0.132. The molecule has 2 rings (SSSR count). The second kappa shape index (κ2) is 5.94. The molecular formula is C15H18O3. The van der Waals surface area contributed by atoms with Gasteiger partial charge in [0.2, 0.25) is 0 Å². The van der Waals surface area contributed by atoms with E-state index in [4.69, 9.17) is 0 Å². The van der Waals surface area contributed by atoms with Gasteiger partial charge in [-0.15, -0.1) is 0 Å². The van der Waals surface area contributed by atoms with Gasteiger partial charge in [-0.1, -0.05) is 42.5 Å². The van der Waals surface area contributed by atoms with Crippen LogP contribution in [0, 0.1) is 5.92 Å². The van der Waals surface area contributed by atoms with E-state index >= 15 is 0 Å². The third kappa shape index (κ3) is 3.28. The van der Waals surface area contributed by atoms with Crippen LogP contribution in [0.15, 0.2) is 42.5 Å². The van der Waals surface area contributed by atoms with Gasteiger partial charge in [-0.25, -0.2) is 0 Å². The van der Waals surface area contributed by atoms with Crippen LogP contribution in [0.2, 0.25) is 0 Å². The maximum absolute atomic E-state index is 11.7. The fraction of sp³-hybridized carbons (Fsp3) is 0.400. The van der Waals surface area contributed by atoms with E-state index in [1.54, 1.807) is 0 Å². The van der Waals surface area contributed by atoms with Crippen LogP contribution in [-0.4, -0.2) is 28.2 Å². The van der Waals surface area contributed by atoms with Crippen molar-refractivity contribution < 1.29 is 15.0 Å². The van der Waals surface area contributed by atoms with E-state index in [-0.39, 0.29) is 11.7 Å². The first-order valence-corrected chi connectivity index (χ1v) is 6.26. The van der Waals surface area contributed by atoms with Gasteiger partial charge in [0.05, 0.1) is 0 Å². The van der Waals surface area contributed by atoms with Crippen LogP contribution in [0.3, 0.4) is 0 Å². The third-order valence-electron chi connectivity index (χ3n) is 3.31. The van der Waals surface area contributed by atoms with Crippen LogP contribution < -0.4 is 0 Å². The molecule has 0 saturated carbocycles. The highest BCUT2D eigenvalue weighted by Gasteiger charge is 2.26. The summed E-state index contributed by atoms with van der Waals surface area (Å²) in [6.45, 7) is 0. The Morgan fingerprint density at radius 3 is 2.61 bits per heavy atom. The van der Waals surface area contributed by atoms with Crippen LogP contribution in [0.1, 0.15) is 18.4 Å². The quantitative estimate of drug-likeness (QED) is 0.777. The van der Waals surface area contributed by atoms with Crippen LogP contribution >= 0.6 is 0 Å². The number of hydrogen-bond acceptors (Lipinski definition) is 3. The van der Waals surface area contributed by atoms with Crippen molar-refractivity contribution in [3.8, 4) is 0 Å². The first-order valence-electron chi connectivity index (χ1n) is 6.26. The number of rotatable bonds is 2. The fourth-order valence-electron chi connectivity index (χ4n) is 2.30. The standard InChI is InChI=1S/C15H18O3/c16-13-8-4-7-12(10-14(17)15(13)18)9-11-5-2-1-3-6-11/h1-6,8,12-13,15-16,18H,7,9-10H2. The predicted molar refractivity (Wildman–Crippen MR) is 69.0 cm³/mol. The maximum Gasteiger partial charge on any atom is 0.164 e. The first kappa shape index (κ1) is 13.0. The Morgan fingerprint density at radius 2 is 1.89 bits per heavy atom. The number of Topliss-reactive ketones (excluding diaryl/α,β-unsaturated/α-hetero) is 1. The number of hydrogen-bond donors (Lipinski definition) is 2. The SMILES string of the molecule is O=C1CC(Cc2ccccc2)CC=CC(O)C1O. The Morgan fingerprint density at radius 1 is 1.17 bits per heavy atom. The molecule has 1 aromatic carbocycles. The molecule has 0 aliphatic heterocycles. The van der Waals surface area contributed by atoms with Crippen molar-refractivity contribution in [3.05, 3.63) is 48.0 Å². The number of aliphatic hydroxyl groups excluding tert-OH is 2. The Hall–Kier alpha value is -1.45. The molecule has 0 saturated heterocycles. The van der Waals surface area contributed by atoms with E-state index in [0.717, 1.165) is 12.8 Å². The Balaban J connectivity index is 2.05. The molecule has 3 nitrogen and oxygen atoms in total. The zero-order valence-electron chi connectivity index (χ0n) is 10.2. The second-order valence-electron chi connectivity index (χ2n) is 4.83. The molecular weight excluding hydrogens is 228 g/mol. The van der Waals surface area contributed by atoms with Gasteiger partial charge in [-0.3, -0.25) is 4.79 Å². The fourth-order valence-corrected chi connectivity index (χ4v) is 2.30. The van der Waals surface area contributed by atoms with Crippen molar-refractivity contribution in [2.24, 2.45) is 5.92 Å². The molecule has 3 heteroatoms. The third-order valence-corrected chi connectivity index (χ3v) is 3.31. The zero-order valence-corrected chi connectivity index (χ0v) is 10.2. The van der Waals surface area contributed by atoms with Crippen LogP contribution in [-0.2, 0) is 11.2 Å². The van der Waals surface area contributed by atoms with Crippen molar-refractivity contribution in [2.75, 3.05) is 0 Å². The topological polar surface area (TPSA) is 57.5 Å². The smallest absolute Gasteiger partial charge is 0.164 e. The van der Waals surface area contributed by atoms with Gasteiger partial charge >= 0.3 is 0 Å². The van der Waals surface area contributed by atoms with E-state index in [2.05, 4.69) is 0 Å². The lowest BCUT2D eigenvalue weighted by atomic mass is 9.87. The Bertz CT molecular complexity index is 425. The lowest BCUT2D eigenvalue weighted by Gasteiger charge is -2.21. The maximum atomic E-state index is 11.7. The zero-order chi connectivity index (χ0) is 13.0. The van der Waals surface area contributed by atoms with Crippen molar-refractivity contribution in [1.29, 1.82) is 0 Å². The Labute approximate surface area is 107 Å². The molecule has 1 aliphatic rings. The summed E-state index contributed by atoms with van der Waals surface area (Å²) in [7, 11) is 0. The molecule has 0 heterocycles. The first-order chi connectivity index (χ1) is 8.66. The highest BCUT2D eigenvalue weighted by molar-refractivity contribution is 5.84. The number of ketones is 1. The van der Waals surface area contributed by atoms with Gasteiger partial charge in [0, 0.05) is 6.42 Å². The van der Waals surface area contributed by atoms with Gasteiger partial charge < -0.3 is 10.2 Å². The van der Waals surface area contributed by atoms with E-state index in [0.29, 0.717) is 6.42 Å². The summed E-state index contributed by atoms with van der Waals surface area (Å²) in [5, 5.41) is 19.1. The molecule has 0 spiro atoms. The Kier molecular flexibility index (Phi) is 4.28. The monoisotopic (exact) mass is 246 g/mol. The van der Waals surface area contributed by atoms with Crippen molar-refractivity contribution in [3.63, 3.8) is 0 Å². The molecule has 1 aromatic rings. The van der Waals surface area contributed by atoms with Crippen LogP contribution in [0.5, 0.6) is 0 Å². The van der Waals surface area contributed by atoms with Crippen LogP contribution in [0.25, 0.3) is 0 Å². The molecule has 0 radical (unpaired) electrons. The van der Waals surface area contributed by atoms with Gasteiger partial charge in [-0.05, 0) is 24.3 Å². The molecule has 0 amide bonds. The molecule has 0 bridgehead atoms. The molecule has 3 atom stereocenters. The molecule has 2 N–H and O–H groups in total. The highest BCUT2D eigenvalue weighted by atomic mass is 16.3. The number of carbonyl (C=O) groups is 1. The summed E-state index contributed by atoms with van der Waals surface area (Å²) < 4.78 is 0. The summed E-state index contributed by atoms with van der Waals surface area (Å²) in [6.07, 6.45) is 2.92. The second-order valence-corrected chi connectivity index (χ2v) is 4.83. The molecule has 3 unspecified atom stereocenters. The number of aliphatic hydroxyl groups is 2. The largest absolute Gasteiger partial charge is 0.386 e. The number of allylic oxidation sites excluding steroid dienone is 1. The van der Waals surface area contributed by atoms with Crippen molar-refractivity contribution in [2.45, 2.75) is 31.5 Å². The van der Waals surface area contributed by atoms with Crippen molar-refractivity contribution in [1.82, 2.24) is 0 Å². The molecule has 18 heavy (non-hydrogen) atoms. The van der Waals surface area contributed by atoms with E-state index in [9.17, 15) is 15.0 Å². The molecule has 96 valence electrons. The minimum Gasteiger partial charge on any atom is -0.386 e. The average molecular weight is 246 g/mol. The number of benzene rings is 1. The predicted octanol–water partition coefficient (Wildman–Crippen LogP) is 1.49. The molecule has 0 fully saturated rings.